The number of nitrogens with one attached hydrogen (secondary N) is 1. The van der Waals surface area contributed by atoms with E-state index in [0.717, 1.165) is 10.9 Å². The van der Waals surface area contributed by atoms with Crippen LogP contribution >= 0.6 is 69.7 Å². The molecule has 1 aliphatic heterocycles. The molecule has 3 heterocycles. The number of alkyl halides is 5. The molecule has 2 aromatic rings. The Morgan fingerprint density at radius 2 is 1.84 bits per heavy atom. The van der Waals surface area contributed by atoms with Gasteiger partial charge in [-0.15, -0.1) is 0 Å². The lowest BCUT2D eigenvalue weighted by atomic mass is 10.2. The number of aliphatic hydroxyl groups is 2. The standard InChI is InChI=1S/C17H25Cl2F3N5O12P3S2/c1-43-5-3-23-11-8-12(26-16(25-11)44-4-2-17(20,21)22)27(6-24-8)13-9(28)10(29)14(36-13)37-42(35,38-15(18)19)39-41(33,34)7-40(30,31)32/h6,9-10,13-15,28-29H,2-5,7H2,1H3,(H,33,34)(H,23,25,26)(H2,30,31,32)/t9-,10+,13-,14-,42?/m1/s1. The predicted octanol–water partition coefficient (Wildman–Crippen LogP) is 3.46. The second kappa shape index (κ2) is 15.3. The zero-order valence-electron chi connectivity index (χ0n) is 21.9. The molecule has 0 radical (unpaired) electrons. The molecule has 0 aromatic carbocycles. The Balaban J connectivity index is 1.92. The minimum atomic E-state index is -5.48. The summed E-state index contributed by atoms with van der Waals surface area (Å²) in [6.45, 7) is 0.387. The van der Waals surface area contributed by atoms with Gasteiger partial charge in [-0.2, -0.15) is 24.9 Å². The largest absolute Gasteiger partial charge is 0.486 e. The van der Waals surface area contributed by atoms with Crippen molar-refractivity contribution in [2.75, 3.05) is 35.5 Å². The van der Waals surface area contributed by atoms with E-state index in [1.54, 1.807) is 0 Å². The van der Waals surface area contributed by atoms with Crippen molar-refractivity contribution in [3.63, 3.8) is 0 Å². The molecule has 1 fully saturated rings. The Kier molecular flexibility index (Phi) is 13.3. The van der Waals surface area contributed by atoms with E-state index in [4.69, 9.17) is 42.2 Å². The third-order valence-corrected chi connectivity index (χ3v) is 12.7. The minimum Gasteiger partial charge on any atom is -0.385 e. The first-order valence-electron chi connectivity index (χ1n) is 11.7. The van der Waals surface area contributed by atoms with E-state index >= 15 is 0 Å². The van der Waals surface area contributed by atoms with Crippen LogP contribution in [0.2, 0.25) is 0 Å². The molecular formula is C17H25Cl2F3N5O12P3S2. The summed E-state index contributed by atoms with van der Waals surface area (Å²) in [5.74, 6) is -1.46. The average molecular weight is 776 g/mol. The molecule has 17 nitrogen and oxygen atoms in total. The second-order valence-electron chi connectivity index (χ2n) is 8.63. The molecule has 6 N–H and O–H groups in total. The number of fused-ring (bicyclic) bond motifs is 1. The molecule has 1 saturated heterocycles. The van der Waals surface area contributed by atoms with Gasteiger partial charge in [0.05, 0.1) is 12.7 Å². The van der Waals surface area contributed by atoms with Gasteiger partial charge < -0.3 is 34.9 Å². The number of aliphatic hydroxyl groups excluding tert-OH is 2. The summed E-state index contributed by atoms with van der Waals surface area (Å²) in [5, 5.41) is 22.2. The van der Waals surface area contributed by atoms with Crippen LogP contribution in [0.1, 0.15) is 12.6 Å². The molecule has 0 aliphatic carbocycles. The average Bonchev–Trinajstić information content (AvgIpc) is 3.37. The molecule has 3 rings (SSSR count). The van der Waals surface area contributed by atoms with Crippen molar-refractivity contribution < 1.29 is 69.9 Å². The van der Waals surface area contributed by atoms with Crippen molar-refractivity contribution >= 4 is 86.7 Å². The molecule has 44 heavy (non-hydrogen) atoms. The smallest absolute Gasteiger partial charge is 0.385 e. The maximum Gasteiger partial charge on any atom is 0.486 e. The molecule has 27 heteroatoms. The third-order valence-electron chi connectivity index (χ3n) is 5.12. The summed E-state index contributed by atoms with van der Waals surface area (Å²) in [6.07, 6.45) is -10.5. The number of anilines is 1. The highest BCUT2D eigenvalue weighted by molar-refractivity contribution is 7.99. The highest BCUT2D eigenvalue weighted by atomic mass is 35.5. The summed E-state index contributed by atoms with van der Waals surface area (Å²) in [7, 11) is -16.1. The summed E-state index contributed by atoms with van der Waals surface area (Å²) in [4.78, 5) is 40.4. The maximum absolute atomic E-state index is 13.1. The van der Waals surface area contributed by atoms with Gasteiger partial charge in [-0.05, 0) is 6.26 Å². The van der Waals surface area contributed by atoms with Crippen LogP contribution < -0.4 is 5.32 Å². The van der Waals surface area contributed by atoms with Crippen molar-refractivity contribution in [1.82, 2.24) is 19.5 Å². The normalized spacial score (nSPS) is 24.1. The summed E-state index contributed by atoms with van der Waals surface area (Å²) < 4.78 is 94.9. The number of phosphoric acid groups is 1. The Hall–Kier alpha value is -0.250. The maximum atomic E-state index is 13.1. The highest BCUT2D eigenvalue weighted by Crippen LogP contribution is 2.68. The first-order chi connectivity index (χ1) is 20.2. The van der Waals surface area contributed by atoms with Gasteiger partial charge in [-0.1, -0.05) is 35.0 Å². The van der Waals surface area contributed by atoms with Gasteiger partial charge >= 0.3 is 29.2 Å². The van der Waals surface area contributed by atoms with Crippen LogP contribution in [-0.4, -0.2) is 104 Å². The van der Waals surface area contributed by atoms with Gasteiger partial charge in [-0.25, -0.2) is 23.8 Å². The summed E-state index contributed by atoms with van der Waals surface area (Å²) in [5.41, 5.74) is 0.0286. The fourth-order valence-corrected chi connectivity index (χ4v) is 9.93. The van der Waals surface area contributed by atoms with Gasteiger partial charge in [0.2, 0.25) is 5.02 Å². The summed E-state index contributed by atoms with van der Waals surface area (Å²) >= 11 is 13.0. The Morgan fingerprint density at radius 3 is 2.43 bits per heavy atom. The molecule has 0 bridgehead atoms. The number of phosphoric ester groups is 1. The number of nitrogens with zero attached hydrogens (tertiary/aromatic N) is 4. The van der Waals surface area contributed by atoms with Crippen molar-refractivity contribution in [3.8, 4) is 0 Å². The van der Waals surface area contributed by atoms with Crippen LogP contribution in [0, 0.1) is 0 Å². The minimum absolute atomic E-state index is 0.0724. The Labute approximate surface area is 264 Å². The van der Waals surface area contributed by atoms with Crippen molar-refractivity contribution in [2.45, 2.75) is 47.5 Å². The van der Waals surface area contributed by atoms with E-state index in [0.29, 0.717) is 24.1 Å². The van der Waals surface area contributed by atoms with Crippen LogP contribution in [0.25, 0.3) is 11.2 Å². The topological polar surface area (TPSA) is 245 Å². The molecule has 252 valence electrons. The monoisotopic (exact) mass is 775 g/mol. The van der Waals surface area contributed by atoms with Crippen molar-refractivity contribution in [1.29, 1.82) is 0 Å². The van der Waals surface area contributed by atoms with E-state index in [1.807, 2.05) is 6.26 Å². The second-order valence-corrected chi connectivity index (χ2v) is 17.4. The lowest BCUT2D eigenvalue weighted by Gasteiger charge is -2.24. The van der Waals surface area contributed by atoms with E-state index in [9.17, 15) is 42.0 Å². The zero-order valence-corrected chi connectivity index (χ0v) is 27.8. The van der Waals surface area contributed by atoms with Gasteiger partial charge in [-0.3, -0.25) is 22.7 Å². The summed E-state index contributed by atoms with van der Waals surface area (Å²) in [6, 6.07) is 0. The van der Waals surface area contributed by atoms with Crippen molar-refractivity contribution in [3.05, 3.63) is 6.33 Å². The number of hydrogen-bond donors (Lipinski definition) is 6. The molecular weight excluding hydrogens is 751 g/mol. The molecule has 2 unspecified atom stereocenters. The zero-order chi connectivity index (χ0) is 33.1. The molecule has 0 amide bonds. The fraction of sp³-hybridized carbons (Fsp3) is 0.706. The van der Waals surface area contributed by atoms with Crippen LogP contribution in [0.4, 0.5) is 19.0 Å². The van der Waals surface area contributed by atoms with E-state index in [-0.39, 0.29) is 22.1 Å². The van der Waals surface area contributed by atoms with Gasteiger partial charge in [0.15, 0.2) is 40.6 Å². The number of hydrogen-bond acceptors (Lipinski definition) is 15. The predicted molar refractivity (Wildman–Crippen MR) is 153 cm³/mol. The lowest BCUT2D eigenvalue weighted by molar-refractivity contribution is -0.135. The van der Waals surface area contributed by atoms with Crippen LogP contribution in [0.5, 0.6) is 0 Å². The third kappa shape index (κ3) is 11.2. The number of imidazole rings is 1. The number of aromatic nitrogens is 4. The lowest BCUT2D eigenvalue weighted by Crippen LogP contribution is -2.32. The van der Waals surface area contributed by atoms with Gasteiger partial charge in [0, 0.05) is 18.1 Å². The first-order valence-corrected chi connectivity index (χ1v) is 20.0. The highest BCUT2D eigenvalue weighted by Gasteiger charge is 2.51. The Bertz CT molecular complexity index is 1440. The quantitative estimate of drug-likeness (QED) is 0.0470. The fourth-order valence-electron chi connectivity index (χ4n) is 3.45. The molecule has 0 saturated carbocycles. The van der Waals surface area contributed by atoms with Gasteiger partial charge in [0.25, 0.3) is 0 Å². The van der Waals surface area contributed by atoms with Gasteiger partial charge in [0.1, 0.15) is 12.2 Å². The van der Waals surface area contributed by atoms with Crippen LogP contribution in [0.15, 0.2) is 11.5 Å². The number of thioether (sulfide) groups is 2. The molecule has 6 atom stereocenters. The van der Waals surface area contributed by atoms with Crippen LogP contribution in [0.3, 0.4) is 0 Å². The molecule has 1 aliphatic rings. The SMILES string of the molecule is CSCCNc1nc(SCCC(F)(F)F)nc2c1ncn2[C@@H]1O[C@H](OP(=O)(OC(Cl)Cl)OP(=O)(O)CP(=O)(O)O)[C@@H](O)[C@H]1O. The van der Waals surface area contributed by atoms with E-state index in [1.165, 1.54) is 11.8 Å². The Morgan fingerprint density at radius 1 is 1.16 bits per heavy atom. The number of rotatable bonds is 16. The molecule has 0 spiro atoms. The molecule has 2 aromatic heterocycles. The number of halogens is 5. The van der Waals surface area contributed by atoms with E-state index in [2.05, 4.69) is 29.1 Å². The first kappa shape index (κ1) is 38.2. The van der Waals surface area contributed by atoms with E-state index < -0.39 is 77.0 Å². The van der Waals surface area contributed by atoms with Crippen LogP contribution in [-0.2, 0) is 31.8 Å². The van der Waals surface area contributed by atoms with Crippen molar-refractivity contribution in [2.24, 2.45) is 0 Å². The number of ether oxygens (including phenoxy) is 1.